The highest BCUT2D eigenvalue weighted by Gasteiger charge is 2.33. The molecule has 142 valence electrons. The molecule has 0 radical (unpaired) electrons. The molecule has 0 saturated heterocycles. The number of aromatic hydroxyl groups is 1. The van der Waals surface area contributed by atoms with E-state index >= 15 is 0 Å². The molecule has 1 aliphatic heterocycles. The third kappa shape index (κ3) is 2.93. The maximum absolute atomic E-state index is 12.7. The van der Waals surface area contributed by atoms with E-state index in [0.29, 0.717) is 11.1 Å². The summed E-state index contributed by atoms with van der Waals surface area (Å²) in [6.07, 6.45) is 0. The number of hydrogen-bond acceptors (Lipinski definition) is 7. The fourth-order valence-corrected chi connectivity index (χ4v) is 3.06. The van der Waals surface area contributed by atoms with Crippen LogP contribution in [-0.2, 0) is 11.3 Å². The molecule has 1 heterocycles. The first-order chi connectivity index (χ1) is 12.8. The minimum absolute atomic E-state index is 0.00837. The zero-order valence-electron chi connectivity index (χ0n) is 15.2. The number of carbonyl (C=O) groups excluding carboxylic acids is 1. The van der Waals surface area contributed by atoms with Crippen molar-refractivity contribution in [2.75, 3.05) is 14.2 Å². The van der Waals surface area contributed by atoms with Crippen molar-refractivity contribution in [3.05, 3.63) is 39.9 Å². The number of carboxylic acids is 1. The lowest BCUT2D eigenvalue weighted by Crippen LogP contribution is -2.11. The lowest BCUT2D eigenvalue weighted by Gasteiger charge is -2.17. The molecular formula is C19H18O8. The number of benzene rings is 2. The van der Waals surface area contributed by atoms with Crippen molar-refractivity contribution in [1.29, 1.82) is 0 Å². The summed E-state index contributed by atoms with van der Waals surface area (Å²) in [6, 6.07) is 2.63. The van der Waals surface area contributed by atoms with Crippen LogP contribution in [0.1, 0.15) is 37.4 Å². The molecule has 0 spiro atoms. The van der Waals surface area contributed by atoms with E-state index in [1.165, 1.54) is 26.4 Å². The van der Waals surface area contributed by atoms with Crippen molar-refractivity contribution >= 4 is 11.9 Å². The van der Waals surface area contributed by atoms with E-state index in [1.54, 1.807) is 13.8 Å². The van der Waals surface area contributed by atoms with E-state index in [0.717, 1.165) is 0 Å². The van der Waals surface area contributed by atoms with Crippen molar-refractivity contribution < 1.29 is 38.7 Å². The number of hydrogen-bond donors (Lipinski definition) is 2. The third-order valence-electron chi connectivity index (χ3n) is 4.34. The van der Waals surface area contributed by atoms with Gasteiger partial charge in [0.15, 0.2) is 17.2 Å². The molecule has 2 aromatic rings. The Morgan fingerprint density at radius 2 is 1.85 bits per heavy atom. The fourth-order valence-electron chi connectivity index (χ4n) is 3.06. The Morgan fingerprint density at radius 3 is 2.44 bits per heavy atom. The SMILES string of the molecule is COCc1c(O)cc(C)c2c1Oc1c(cc(C(=O)O)c(C)c1OC)OC2=O. The van der Waals surface area contributed by atoms with Gasteiger partial charge in [-0.2, -0.15) is 0 Å². The largest absolute Gasteiger partial charge is 0.507 e. The van der Waals surface area contributed by atoms with Crippen molar-refractivity contribution in [1.82, 2.24) is 0 Å². The van der Waals surface area contributed by atoms with Crippen LogP contribution in [0.25, 0.3) is 0 Å². The van der Waals surface area contributed by atoms with Crippen molar-refractivity contribution in [2.24, 2.45) is 0 Å². The van der Waals surface area contributed by atoms with Crippen LogP contribution in [-0.4, -0.2) is 36.4 Å². The number of phenolic OH excluding ortho intramolecular Hbond substituents is 1. The van der Waals surface area contributed by atoms with Gasteiger partial charge in [0.05, 0.1) is 24.8 Å². The van der Waals surface area contributed by atoms with Gasteiger partial charge in [-0.05, 0) is 31.5 Å². The topological polar surface area (TPSA) is 112 Å². The lowest BCUT2D eigenvalue weighted by molar-refractivity contribution is 0.0686. The molecule has 27 heavy (non-hydrogen) atoms. The fraction of sp³-hybridized carbons (Fsp3) is 0.263. The van der Waals surface area contributed by atoms with Crippen LogP contribution >= 0.6 is 0 Å². The average molecular weight is 374 g/mol. The second-order valence-electron chi connectivity index (χ2n) is 6.03. The summed E-state index contributed by atoms with van der Waals surface area (Å²) in [5.74, 6) is -1.86. The monoisotopic (exact) mass is 374 g/mol. The normalized spacial score (nSPS) is 12.4. The minimum Gasteiger partial charge on any atom is -0.507 e. The Morgan fingerprint density at radius 1 is 1.15 bits per heavy atom. The number of esters is 1. The molecule has 1 aliphatic rings. The molecule has 0 bridgehead atoms. The second kappa shape index (κ2) is 6.81. The highest BCUT2D eigenvalue weighted by molar-refractivity contribution is 5.99. The summed E-state index contributed by atoms with van der Waals surface area (Å²) < 4.78 is 21.8. The van der Waals surface area contributed by atoms with Crippen molar-refractivity contribution in [3.63, 3.8) is 0 Å². The Hall–Kier alpha value is -3.26. The number of aromatic carboxylic acids is 1. The van der Waals surface area contributed by atoms with Crippen LogP contribution in [0.3, 0.4) is 0 Å². The molecule has 2 N–H and O–H groups in total. The highest BCUT2D eigenvalue weighted by atomic mass is 16.6. The number of ether oxygens (including phenoxy) is 4. The highest BCUT2D eigenvalue weighted by Crippen LogP contribution is 2.49. The lowest BCUT2D eigenvalue weighted by atomic mass is 10.0. The van der Waals surface area contributed by atoms with E-state index in [9.17, 15) is 19.8 Å². The number of methoxy groups -OCH3 is 2. The number of rotatable bonds is 4. The quantitative estimate of drug-likeness (QED) is 0.620. The summed E-state index contributed by atoms with van der Waals surface area (Å²) >= 11 is 0. The number of fused-ring (bicyclic) bond motifs is 2. The summed E-state index contributed by atoms with van der Waals surface area (Å²) in [4.78, 5) is 24.2. The number of carboxylic acid groups (broad SMARTS) is 1. The van der Waals surface area contributed by atoms with Crippen LogP contribution in [0.5, 0.6) is 28.7 Å². The van der Waals surface area contributed by atoms with Gasteiger partial charge in [-0.1, -0.05) is 0 Å². The number of phenols is 1. The summed E-state index contributed by atoms with van der Waals surface area (Å²) in [7, 11) is 2.80. The van der Waals surface area contributed by atoms with Gasteiger partial charge in [-0.25, -0.2) is 9.59 Å². The zero-order chi connectivity index (χ0) is 19.9. The first kappa shape index (κ1) is 18.5. The predicted molar refractivity (Wildman–Crippen MR) is 93.3 cm³/mol. The zero-order valence-corrected chi connectivity index (χ0v) is 15.2. The molecule has 3 rings (SSSR count). The Bertz CT molecular complexity index is 961. The smallest absolute Gasteiger partial charge is 0.347 e. The number of carbonyl (C=O) groups is 2. The molecule has 0 saturated carbocycles. The van der Waals surface area contributed by atoms with Crippen LogP contribution in [0.15, 0.2) is 12.1 Å². The first-order valence-electron chi connectivity index (χ1n) is 7.99. The van der Waals surface area contributed by atoms with E-state index < -0.39 is 11.9 Å². The molecule has 2 aromatic carbocycles. The molecule has 0 amide bonds. The molecule has 8 nitrogen and oxygen atoms in total. The summed E-state index contributed by atoms with van der Waals surface area (Å²) in [6.45, 7) is 3.18. The second-order valence-corrected chi connectivity index (χ2v) is 6.03. The molecule has 0 aromatic heterocycles. The van der Waals surface area contributed by atoms with Gasteiger partial charge in [-0.3, -0.25) is 0 Å². The summed E-state index contributed by atoms with van der Waals surface area (Å²) in [5, 5.41) is 19.7. The van der Waals surface area contributed by atoms with E-state index in [2.05, 4.69) is 0 Å². The van der Waals surface area contributed by atoms with Gasteiger partial charge in [0.2, 0.25) is 5.75 Å². The van der Waals surface area contributed by atoms with Gasteiger partial charge in [0, 0.05) is 12.7 Å². The predicted octanol–water partition coefficient (Wildman–Crippen LogP) is 3.19. The molecule has 0 aliphatic carbocycles. The first-order valence-corrected chi connectivity index (χ1v) is 7.99. The average Bonchev–Trinajstić information content (AvgIpc) is 2.74. The molecule has 0 atom stereocenters. The van der Waals surface area contributed by atoms with E-state index in [1.807, 2.05) is 0 Å². The third-order valence-corrected chi connectivity index (χ3v) is 4.34. The van der Waals surface area contributed by atoms with Crippen LogP contribution < -0.4 is 14.2 Å². The van der Waals surface area contributed by atoms with Crippen LogP contribution in [0, 0.1) is 13.8 Å². The maximum Gasteiger partial charge on any atom is 0.347 e. The van der Waals surface area contributed by atoms with Gasteiger partial charge < -0.3 is 29.2 Å². The van der Waals surface area contributed by atoms with E-state index in [-0.39, 0.29) is 52.0 Å². The minimum atomic E-state index is -1.19. The van der Waals surface area contributed by atoms with Crippen molar-refractivity contribution in [3.8, 4) is 28.7 Å². The standard InChI is InChI=1S/C19H18O8/c1-8-5-12(20)11(7-24-3)16-14(8)19(23)26-13-6-10(18(21)22)9(2)15(25-4)17(13)27-16/h5-6,20H,7H2,1-4H3,(H,21,22). The Labute approximate surface area is 154 Å². The summed E-state index contributed by atoms with van der Waals surface area (Å²) in [5.41, 5.74) is 1.06. The van der Waals surface area contributed by atoms with Crippen molar-refractivity contribution in [2.45, 2.75) is 20.5 Å². The molecule has 0 unspecified atom stereocenters. The number of aryl methyl sites for hydroxylation is 1. The molecule has 8 heteroatoms. The van der Waals surface area contributed by atoms with Gasteiger partial charge in [0.25, 0.3) is 0 Å². The van der Waals surface area contributed by atoms with Gasteiger partial charge in [0.1, 0.15) is 11.3 Å². The Kier molecular flexibility index (Phi) is 4.67. The maximum atomic E-state index is 12.7. The van der Waals surface area contributed by atoms with Crippen LogP contribution in [0.2, 0.25) is 0 Å². The van der Waals surface area contributed by atoms with Crippen LogP contribution in [0.4, 0.5) is 0 Å². The molecular weight excluding hydrogens is 356 g/mol. The Balaban J connectivity index is 2.33. The van der Waals surface area contributed by atoms with E-state index in [4.69, 9.17) is 18.9 Å². The van der Waals surface area contributed by atoms with Gasteiger partial charge >= 0.3 is 11.9 Å². The van der Waals surface area contributed by atoms with Gasteiger partial charge in [-0.15, -0.1) is 0 Å². The molecule has 0 fully saturated rings.